The van der Waals surface area contributed by atoms with Crippen LogP contribution < -0.4 is 89.7 Å². The molecular formula is C48H48Na2O17. The molecule has 67 heavy (non-hydrogen) atoms. The predicted octanol–water partition coefficient (Wildman–Crippen LogP) is -3.83. The molecule has 3 saturated carbocycles. The number of aliphatic hydroxyl groups excluding tert-OH is 3. The van der Waals surface area contributed by atoms with Gasteiger partial charge in [-0.15, -0.1) is 0 Å². The first kappa shape index (κ1) is 52.4. The van der Waals surface area contributed by atoms with Gasteiger partial charge in [-0.25, -0.2) is 0 Å². The SMILES string of the molecule is CCCC1O[C@@H]2C[C@H]3[C@@H]4CCC5=CC(=O)C=C[C@]5(C)[C@H]4[C@@H](O)C[C@]3(C)[C@]2(C(=O)CO)O1.O=C([O-])c1cc(=O)c2c(OCC(O)COc3cccc4oc(C(=O)[O-])cc(=O)c34)cccc2o1.[Na+].[Na+]. The number of hydrogen-bond donors (Lipinski definition) is 3. The number of benzene rings is 2. The van der Waals surface area contributed by atoms with Crippen LogP contribution in [0.5, 0.6) is 11.5 Å². The van der Waals surface area contributed by atoms with Crippen molar-refractivity contribution >= 4 is 45.4 Å². The molecule has 3 heterocycles. The maximum absolute atomic E-state index is 13.2. The van der Waals surface area contributed by atoms with Crippen LogP contribution >= 0.6 is 0 Å². The van der Waals surface area contributed by atoms with E-state index >= 15 is 0 Å². The molecule has 5 aliphatic rings. The molecular weight excluding hydrogens is 894 g/mol. The van der Waals surface area contributed by atoms with Crippen molar-refractivity contribution in [2.45, 2.75) is 89.5 Å². The number of Topliss-reactive ketones (excluding diaryl/α,β-unsaturated/α-hetero) is 1. The molecule has 4 aromatic rings. The number of carbonyl (C=O) groups is 4. The minimum Gasteiger partial charge on any atom is -0.542 e. The summed E-state index contributed by atoms with van der Waals surface area (Å²) in [5.74, 6) is -4.41. The quantitative estimate of drug-likeness (QED) is 0.115. The van der Waals surface area contributed by atoms with Gasteiger partial charge in [0.25, 0.3) is 0 Å². The first-order valence-electron chi connectivity index (χ1n) is 21.6. The summed E-state index contributed by atoms with van der Waals surface area (Å²) in [7, 11) is 0. The van der Waals surface area contributed by atoms with Gasteiger partial charge in [0.2, 0.25) is 0 Å². The fourth-order valence-corrected chi connectivity index (χ4v) is 11.3. The van der Waals surface area contributed by atoms with Gasteiger partial charge in [-0.1, -0.05) is 51.0 Å². The van der Waals surface area contributed by atoms with Crippen LogP contribution in [0.2, 0.25) is 0 Å². The van der Waals surface area contributed by atoms with E-state index < -0.39 is 76.5 Å². The summed E-state index contributed by atoms with van der Waals surface area (Å²) in [6.07, 6.45) is 7.10. The van der Waals surface area contributed by atoms with Gasteiger partial charge in [0.1, 0.15) is 71.3 Å². The minimum absolute atomic E-state index is 0. The molecule has 1 unspecified atom stereocenters. The van der Waals surface area contributed by atoms with E-state index in [1.807, 2.05) is 6.08 Å². The zero-order chi connectivity index (χ0) is 46.6. The Morgan fingerprint density at radius 1 is 0.896 bits per heavy atom. The summed E-state index contributed by atoms with van der Waals surface area (Å²) in [4.78, 5) is 71.7. The third kappa shape index (κ3) is 9.30. The number of carboxylic acids is 2. The number of carboxylic acid groups (broad SMARTS) is 2. The standard InChI is InChI=1S/C25H34O6.C23H16O11.2Na/c1-4-5-21-30-20-11-17-16-7-6-14-10-15(27)8-9-23(14,2)22(16)18(28)12-24(17,3)25(20,31-21)19(29)13-26;24-11(9-31-14-3-1-5-16-20(14)12(25)7-18(33-16)22(27)28)10-32-15-4-2-6-17-21(15)13(26)8-19(34-17)23(29)30;;/h8-10,16-18,20-22,26,28H,4-7,11-13H2,1-3H3;1-8,11,24H,9-10H2,(H,27,28)(H,29,30);;/q;;2*+1/p-2/t16-,17-,18-,20+,21?,22+,23-,24-,25+;;;/m0.../s1. The molecule has 1 aliphatic heterocycles. The van der Waals surface area contributed by atoms with E-state index in [0.717, 1.165) is 37.0 Å². The van der Waals surface area contributed by atoms with Crippen LogP contribution in [0.1, 0.15) is 80.4 Å². The molecule has 0 amide bonds. The summed E-state index contributed by atoms with van der Waals surface area (Å²) in [6.45, 7) is 5.03. The van der Waals surface area contributed by atoms with Crippen LogP contribution in [-0.4, -0.2) is 88.8 Å². The molecule has 1 saturated heterocycles. The largest absolute Gasteiger partial charge is 1.00 e. The van der Waals surface area contributed by atoms with Gasteiger partial charge in [-0.05, 0) is 80.4 Å². The second kappa shape index (κ2) is 20.5. The van der Waals surface area contributed by atoms with E-state index in [1.165, 1.54) is 36.4 Å². The molecule has 2 aromatic heterocycles. The fourth-order valence-electron chi connectivity index (χ4n) is 11.3. The van der Waals surface area contributed by atoms with Gasteiger partial charge in [0.15, 0.2) is 45.8 Å². The van der Waals surface area contributed by atoms with Crippen molar-refractivity contribution in [1.29, 1.82) is 0 Å². The molecule has 4 fully saturated rings. The zero-order valence-electron chi connectivity index (χ0n) is 37.8. The minimum atomic E-state index is -1.64. The van der Waals surface area contributed by atoms with E-state index in [4.69, 9.17) is 27.8 Å². The van der Waals surface area contributed by atoms with Crippen molar-refractivity contribution in [2.24, 2.45) is 28.6 Å². The van der Waals surface area contributed by atoms with Gasteiger partial charge < -0.3 is 62.9 Å². The van der Waals surface area contributed by atoms with Crippen molar-refractivity contribution in [3.8, 4) is 11.5 Å². The van der Waals surface area contributed by atoms with Crippen molar-refractivity contribution in [1.82, 2.24) is 0 Å². The summed E-state index contributed by atoms with van der Waals surface area (Å²) in [6, 6.07) is 10.1. The molecule has 9 atom stereocenters. The van der Waals surface area contributed by atoms with Crippen LogP contribution in [-0.2, 0) is 19.1 Å². The number of aromatic carboxylic acids is 2. The second-order valence-corrected chi connectivity index (χ2v) is 17.8. The number of fused-ring (bicyclic) bond motifs is 9. The Morgan fingerprint density at radius 3 is 1.99 bits per heavy atom. The summed E-state index contributed by atoms with van der Waals surface area (Å²) >= 11 is 0. The number of rotatable bonds is 12. The summed E-state index contributed by atoms with van der Waals surface area (Å²) in [5.41, 5.74) is -2.45. The Labute approximate surface area is 427 Å². The molecule has 0 spiro atoms. The van der Waals surface area contributed by atoms with E-state index in [9.17, 15) is 54.3 Å². The molecule has 17 nitrogen and oxygen atoms in total. The molecule has 344 valence electrons. The number of allylic oxidation sites excluding steroid dienone is 4. The van der Waals surface area contributed by atoms with E-state index in [0.29, 0.717) is 19.3 Å². The van der Waals surface area contributed by atoms with E-state index in [-0.39, 0.29) is 141 Å². The summed E-state index contributed by atoms with van der Waals surface area (Å²) in [5, 5.41) is 53.6. The van der Waals surface area contributed by atoms with Gasteiger partial charge in [-0.3, -0.25) is 19.2 Å². The molecule has 19 heteroatoms. The Balaban J connectivity index is 0.000000215. The maximum atomic E-state index is 13.2. The number of aliphatic hydroxyl groups is 3. The van der Waals surface area contributed by atoms with Crippen LogP contribution in [0, 0.1) is 28.6 Å². The van der Waals surface area contributed by atoms with Crippen molar-refractivity contribution in [3.05, 3.63) is 104 Å². The van der Waals surface area contributed by atoms with Crippen LogP contribution in [0.4, 0.5) is 0 Å². The maximum Gasteiger partial charge on any atom is 1.00 e. The van der Waals surface area contributed by atoms with Gasteiger partial charge in [0, 0.05) is 28.9 Å². The van der Waals surface area contributed by atoms with Gasteiger partial charge in [0.05, 0.1) is 12.2 Å². The van der Waals surface area contributed by atoms with E-state index in [1.54, 1.807) is 12.2 Å². The number of carbonyl (C=O) groups excluding carboxylic acids is 4. The predicted molar refractivity (Wildman–Crippen MR) is 223 cm³/mol. The number of hydrogen-bond acceptors (Lipinski definition) is 17. The zero-order valence-corrected chi connectivity index (χ0v) is 41.8. The Hall–Kier alpha value is -3.98. The monoisotopic (exact) mass is 942 g/mol. The van der Waals surface area contributed by atoms with Crippen molar-refractivity contribution in [2.75, 3.05) is 19.8 Å². The fraction of sp³-hybridized carbons (Fsp3) is 0.458. The summed E-state index contributed by atoms with van der Waals surface area (Å²) < 4.78 is 33.9. The number of ketones is 2. The number of ether oxygens (including phenoxy) is 4. The molecule has 4 aliphatic carbocycles. The third-order valence-electron chi connectivity index (χ3n) is 14.1. The third-order valence-corrected chi connectivity index (χ3v) is 14.1. The van der Waals surface area contributed by atoms with E-state index in [2.05, 4.69) is 20.8 Å². The van der Waals surface area contributed by atoms with Gasteiger partial charge in [-0.2, -0.15) is 0 Å². The second-order valence-electron chi connectivity index (χ2n) is 17.8. The molecule has 3 N–H and O–H groups in total. The van der Waals surface area contributed by atoms with Gasteiger partial charge >= 0.3 is 59.1 Å². The van der Waals surface area contributed by atoms with Crippen LogP contribution in [0.3, 0.4) is 0 Å². The average Bonchev–Trinajstić information content (AvgIpc) is 3.76. The molecule has 0 bridgehead atoms. The van der Waals surface area contributed by atoms with Crippen LogP contribution in [0.15, 0.2) is 90.8 Å². The van der Waals surface area contributed by atoms with Crippen molar-refractivity contribution in [3.63, 3.8) is 0 Å². The molecule has 9 rings (SSSR count). The first-order valence-corrected chi connectivity index (χ1v) is 21.6. The molecule has 2 aromatic carbocycles. The average molecular weight is 943 g/mol. The van der Waals surface area contributed by atoms with Crippen molar-refractivity contribution < 1.29 is 132 Å². The molecule has 0 radical (unpaired) electrons. The smallest absolute Gasteiger partial charge is 0.542 e. The Kier molecular flexibility index (Phi) is 16.1. The topological polar surface area (TPSA) is 272 Å². The van der Waals surface area contributed by atoms with Crippen LogP contribution in [0.25, 0.3) is 21.9 Å². The first-order chi connectivity index (χ1) is 30.9. The Bertz CT molecular complexity index is 2650. The Morgan fingerprint density at radius 2 is 1.46 bits per heavy atom. The normalized spacial score (nSPS) is 28.9.